The standard InChI is InChI=1S/C12H13N3O4/c1-6-10(11(13)17)12(18)15(14-6)7-3-4-9(19-2)8(16)5-7/h3-5,10,16H,1-2H3,(H2,13,17). The first kappa shape index (κ1) is 12.9. The Morgan fingerprint density at radius 2 is 2.21 bits per heavy atom. The van der Waals surface area contributed by atoms with Gasteiger partial charge in [-0.05, 0) is 19.1 Å². The minimum atomic E-state index is -1.05. The zero-order valence-corrected chi connectivity index (χ0v) is 10.5. The maximum Gasteiger partial charge on any atom is 0.265 e. The fourth-order valence-corrected chi connectivity index (χ4v) is 1.89. The van der Waals surface area contributed by atoms with Gasteiger partial charge in [-0.3, -0.25) is 9.59 Å². The molecule has 7 heteroatoms. The van der Waals surface area contributed by atoms with Crippen LogP contribution in [0.5, 0.6) is 11.5 Å². The molecule has 1 aromatic rings. The van der Waals surface area contributed by atoms with Gasteiger partial charge in [0, 0.05) is 6.07 Å². The summed E-state index contributed by atoms with van der Waals surface area (Å²) in [7, 11) is 1.42. The van der Waals surface area contributed by atoms with E-state index in [1.54, 1.807) is 13.0 Å². The first-order valence-corrected chi connectivity index (χ1v) is 5.51. The molecular formula is C12H13N3O4. The highest BCUT2D eigenvalue weighted by Crippen LogP contribution is 2.32. The lowest BCUT2D eigenvalue weighted by atomic mass is 10.0. The van der Waals surface area contributed by atoms with Gasteiger partial charge in [0.15, 0.2) is 17.4 Å². The Bertz CT molecular complexity index is 582. The molecule has 1 aromatic carbocycles. The predicted molar refractivity (Wildman–Crippen MR) is 67.9 cm³/mol. The minimum absolute atomic E-state index is 0.122. The minimum Gasteiger partial charge on any atom is -0.504 e. The zero-order valence-electron chi connectivity index (χ0n) is 10.5. The Morgan fingerprint density at radius 1 is 1.53 bits per heavy atom. The first-order chi connectivity index (χ1) is 8.95. The number of rotatable bonds is 3. The molecule has 19 heavy (non-hydrogen) atoms. The Labute approximate surface area is 109 Å². The molecule has 1 unspecified atom stereocenters. The summed E-state index contributed by atoms with van der Waals surface area (Å²) >= 11 is 0. The summed E-state index contributed by atoms with van der Waals surface area (Å²) in [6.45, 7) is 1.55. The van der Waals surface area contributed by atoms with E-state index in [-0.39, 0.29) is 11.5 Å². The van der Waals surface area contributed by atoms with Gasteiger partial charge in [-0.25, -0.2) is 0 Å². The summed E-state index contributed by atoms with van der Waals surface area (Å²) in [5, 5.41) is 14.7. The van der Waals surface area contributed by atoms with E-state index in [0.29, 0.717) is 11.4 Å². The van der Waals surface area contributed by atoms with E-state index >= 15 is 0 Å². The number of carbonyl (C=O) groups excluding carboxylic acids is 2. The van der Waals surface area contributed by atoms with Crippen LogP contribution in [0.2, 0.25) is 0 Å². The molecule has 0 spiro atoms. The van der Waals surface area contributed by atoms with Crippen molar-refractivity contribution in [1.29, 1.82) is 0 Å². The summed E-state index contributed by atoms with van der Waals surface area (Å²) in [5.41, 5.74) is 5.82. The largest absolute Gasteiger partial charge is 0.504 e. The molecule has 0 saturated carbocycles. The number of ether oxygens (including phenoxy) is 1. The van der Waals surface area contributed by atoms with E-state index < -0.39 is 17.7 Å². The van der Waals surface area contributed by atoms with E-state index in [9.17, 15) is 14.7 Å². The van der Waals surface area contributed by atoms with E-state index in [1.165, 1.54) is 19.2 Å². The average molecular weight is 263 g/mol. The molecule has 100 valence electrons. The molecule has 1 aliphatic rings. The highest BCUT2D eigenvalue weighted by atomic mass is 16.5. The molecule has 2 amide bonds. The van der Waals surface area contributed by atoms with Gasteiger partial charge in [0.2, 0.25) is 5.91 Å². The van der Waals surface area contributed by atoms with Crippen LogP contribution >= 0.6 is 0 Å². The third-order valence-corrected chi connectivity index (χ3v) is 2.82. The van der Waals surface area contributed by atoms with Gasteiger partial charge in [0.1, 0.15) is 0 Å². The number of phenols is 1. The molecule has 3 N–H and O–H groups in total. The van der Waals surface area contributed by atoms with Crippen LogP contribution in [0.15, 0.2) is 23.3 Å². The fraction of sp³-hybridized carbons (Fsp3) is 0.250. The van der Waals surface area contributed by atoms with Crippen molar-refractivity contribution < 1.29 is 19.4 Å². The molecule has 0 bridgehead atoms. The third-order valence-electron chi connectivity index (χ3n) is 2.82. The normalized spacial score (nSPS) is 18.4. The summed E-state index contributed by atoms with van der Waals surface area (Å²) in [6, 6.07) is 4.38. The number of aromatic hydroxyl groups is 1. The van der Waals surface area contributed by atoms with Gasteiger partial charge in [0.05, 0.1) is 18.5 Å². The molecule has 0 aromatic heterocycles. The Kier molecular flexibility index (Phi) is 3.12. The lowest BCUT2D eigenvalue weighted by Gasteiger charge is -2.14. The van der Waals surface area contributed by atoms with Gasteiger partial charge < -0.3 is 15.6 Å². The second-order valence-electron chi connectivity index (χ2n) is 4.08. The predicted octanol–water partition coefficient (Wildman–Crippen LogP) is 0.225. The highest BCUT2D eigenvalue weighted by Gasteiger charge is 2.38. The van der Waals surface area contributed by atoms with Crippen LogP contribution < -0.4 is 15.5 Å². The number of methoxy groups -OCH3 is 1. The smallest absolute Gasteiger partial charge is 0.265 e. The number of hydrazone groups is 1. The van der Waals surface area contributed by atoms with Crippen LogP contribution in [0.1, 0.15) is 6.92 Å². The van der Waals surface area contributed by atoms with Crippen LogP contribution in [0.25, 0.3) is 0 Å². The van der Waals surface area contributed by atoms with Gasteiger partial charge in [-0.1, -0.05) is 0 Å². The Balaban J connectivity index is 2.36. The maximum absolute atomic E-state index is 12.0. The van der Waals surface area contributed by atoms with Gasteiger partial charge in [-0.2, -0.15) is 10.1 Å². The number of hydrogen-bond donors (Lipinski definition) is 2. The molecule has 0 saturated heterocycles. The maximum atomic E-state index is 12.0. The van der Waals surface area contributed by atoms with Gasteiger partial charge in [0.25, 0.3) is 5.91 Å². The molecule has 1 atom stereocenters. The first-order valence-electron chi connectivity index (χ1n) is 5.51. The summed E-state index contributed by atoms with van der Waals surface area (Å²) < 4.78 is 4.91. The second kappa shape index (κ2) is 4.60. The number of primary amides is 1. The number of phenolic OH excluding ortho intramolecular Hbond substituents is 1. The fourth-order valence-electron chi connectivity index (χ4n) is 1.89. The summed E-state index contributed by atoms with van der Waals surface area (Å²) in [4.78, 5) is 23.2. The Morgan fingerprint density at radius 3 is 2.68 bits per heavy atom. The monoisotopic (exact) mass is 263 g/mol. The molecule has 1 aliphatic heterocycles. The molecule has 0 fully saturated rings. The van der Waals surface area contributed by atoms with Crippen molar-refractivity contribution in [3.05, 3.63) is 18.2 Å². The van der Waals surface area contributed by atoms with Crippen molar-refractivity contribution in [2.24, 2.45) is 16.8 Å². The highest BCUT2D eigenvalue weighted by molar-refractivity contribution is 6.26. The van der Waals surface area contributed by atoms with E-state index in [1.807, 2.05) is 0 Å². The summed E-state index contributed by atoms with van der Waals surface area (Å²) in [5.74, 6) is -2.17. The lowest BCUT2D eigenvalue weighted by Crippen LogP contribution is -2.36. The molecule has 7 nitrogen and oxygen atoms in total. The van der Waals surface area contributed by atoms with Crippen molar-refractivity contribution >= 4 is 23.2 Å². The number of amides is 2. The van der Waals surface area contributed by atoms with Crippen LogP contribution in [0.4, 0.5) is 5.69 Å². The van der Waals surface area contributed by atoms with Crippen LogP contribution in [0.3, 0.4) is 0 Å². The molecule has 0 radical (unpaired) electrons. The SMILES string of the molecule is COc1ccc(N2N=C(C)C(C(N)=O)C2=O)cc1O. The molecular weight excluding hydrogens is 250 g/mol. The lowest BCUT2D eigenvalue weighted by molar-refractivity contribution is -0.128. The number of nitrogens with two attached hydrogens (primary N) is 1. The Hall–Kier alpha value is -2.57. The van der Waals surface area contributed by atoms with E-state index in [0.717, 1.165) is 5.01 Å². The average Bonchev–Trinajstić information content (AvgIpc) is 2.64. The molecule has 2 rings (SSSR count). The van der Waals surface area contributed by atoms with Crippen molar-refractivity contribution in [2.45, 2.75) is 6.92 Å². The third kappa shape index (κ3) is 2.10. The number of nitrogens with zero attached hydrogens (tertiary/aromatic N) is 2. The van der Waals surface area contributed by atoms with Crippen molar-refractivity contribution in [1.82, 2.24) is 0 Å². The molecule has 0 aliphatic carbocycles. The van der Waals surface area contributed by atoms with E-state index in [4.69, 9.17) is 10.5 Å². The van der Waals surface area contributed by atoms with Crippen molar-refractivity contribution in [2.75, 3.05) is 12.1 Å². The topological polar surface area (TPSA) is 105 Å². The van der Waals surface area contributed by atoms with Gasteiger partial charge in [-0.15, -0.1) is 0 Å². The number of benzene rings is 1. The second-order valence-corrected chi connectivity index (χ2v) is 4.08. The molecule has 1 heterocycles. The van der Waals surface area contributed by atoms with Crippen molar-refractivity contribution in [3.63, 3.8) is 0 Å². The van der Waals surface area contributed by atoms with Crippen LogP contribution in [-0.2, 0) is 9.59 Å². The van der Waals surface area contributed by atoms with Crippen LogP contribution in [0, 0.1) is 5.92 Å². The number of carbonyl (C=O) groups is 2. The quantitative estimate of drug-likeness (QED) is 0.761. The van der Waals surface area contributed by atoms with Gasteiger partial charge >= 0.3 is 0 Å². The number of hydrogen-bond acceptors (Lipinski definition) is 5. The van der Waals surface area contributed by atoms with E-state index in [2.05, 4.69) is 5.10 Å². The zero-order chi connectivity index (χ0) is 14.2. The number of anilines is 1. The van der Waals surface area contributed by atoms with Crippen molar-refractivity contribution in [3.8, 4) is 11.5 Å². The summed E-state index contributed by atoms with van der Waals surface area (Å²) in [6.07, 6.45) is 0. The van der Waals surface area contributed by atoms with Crippen LogP contribution in [-0.4, -0.2) is 29.7 Å².